The predicted octanol–water partition coefficient (Wildman–Crippen LogP) is 3.03. The van der Waals surface area contributed by atoms with Gasteiger partial charge in [0.15, 0.2) is 0 Å². The fourth-order valence-electron chi connectivity index (χ4n) is 2.93. The third-order valence-corrected chi connectivity index (χ3v) is 3.91. The van der Waals surface area contributed by atoms with Crippen molar-refractivity contribution in [3.8, 4) is 11.1 Å². The molecule has 2 aromatic heterocycles. The van der Waals surface area contributed by atoms with Gasteiger partial charge < -0.3 is 15.6 Å². The van der Waals surface area contributed by atoms with Gasteiger partial charge in [-0.25, -0.2) is 9.97 Å². The number of fused-ring (bicyclic) bond motifs is 2. The van der Waals surface area contributed by atoms with Crippen molar-refractivity contribution in [2.24, 2.45) is 7.05 Å². The first-order valence-electron chi connectivity index (χ1n) is 6.67. The minimum absolute atomic E-state index is 0. The van der Waals surface area contributed by atoms with E-state index in [4.69, 9.17) is 5.73 Å². The molecule has 3 heterocycles. The number of benzene rings is 1. The van der Waals surface area contributed by atoms with Crippen LogP contribution in [0.2, 0.25) is 0 Å². The van der Waals surface area contributed by atoms with E-state index in [2.05, 4.69) is 39.7 Å². The number of aromatic nitrogens is 3. The van der Waals surface area contributed by atoms with Crippen LogP contribution < -0.4 is 11.1 Å². The molecule has 3 aromatic rings. The zero-order valence-corrected chi connectivity index (χ0v) is 13.7. The van der Waals surface area contributed by atoms with Gasteiger partial charge in [0.2, 0.25) is 0 Å². The minimum Gasteiger partial charge on any atom is -0.384 e. The van der Waals surface area contributed by atoms with E-state index in [9.17, 15) is 0 Å². The molecule has 0 saturated heterocycles. The maximum absolute atomic E-state index is 6.04. The molecular weight excluding hydrogens is 321 g/mol. The van der Waals surface area contributed by atoms with Crippen molar-refractivity contribution in [1.29, 1.82) is 0 Å². The summed E-state index contributed by atoms with van der Waals surface area (Å²) >= 11 is 0. The molecule has 0 amide bonds. The van der Waals surface area contributed by atoms with Crippen molar-refractivity contribution in [3.63, 3.8) is 0 Å². The van der Waals surface area contributed by atoms with Gasteiger partial charge in [-0.2, -0.15) is 0 Å². The van der Waals surface area contributed by atoms with Crippen molar-refractivity contribution in [1.82, 2.24) is 14.5 Å². The first-order valence-corrected chi connectivity index (χ1v) is 6.67. The van der Waals surface area contributed by atoms with E-state index < -0.39 is 0 Å². The Morgan fingerprint density at radius 3 is 2.86 bits per heavy atom. The highest BCUT2D eigenvalue weighted by atomic mass is 35.5. The van der Waals surface area contributed by atoms with Gasteiger partial charge in [-0.15, -0.1) is 24.8 Å². The van der Waals surface area contributed by atoms with Gasteiger partial charge in [0.25, 0.3) is 0 Å². The molecule has 1 aromatic carbocycles. The molecule has 0 radical (unpaired) electrons. The summed E-state index contributed by atoms with van der Waals surface area (Å²) in [5, 5.41) is 4.31. The lowest BCUT2D eigenvalue weighted by Gasteiger charge is -2.04. The van der Waals surface area contributed by atoms with E-state index in [0.29, 0.717) is 5.82 Å². The van der Waals surface area contributed by atoms with Gasteiger partial charge in [-0.3, -0.25) is 0 Å². The number of aryl methyl sites for hydroxylation is 1. The third kappa shape index (κ3) is 2.36. The highest BCUT2D eigenvalue weighted by Gasteiger charge is 2.16. The Balaban J connectivity index is 0.000000882. The Kier molecular flexibility index (Phi) is 4.49. The van der Waals surface area contributed by atoms with Crippen LogP contribution in [0.15, 0.2) is 30.7 Å². The Morgan fingerprint density at radius 1 is 1.23 bits per heavy atom. The number of nitrogens with one attached hydrogen (secondary N) is 1. The molecule has 0 spiro atoms. The normalized spacial score (nSPS) is 12.2. The number of rotatable bonds is 1. The van der Waals surface area contributed by atoms with Crippen LogP contribution in [0.25, 0.3) is 22.2 Å². The maximum atomic E-state index is 6.04. The summed E-state index contributed by atoms with van der Waals surface area (Å²) in [6.45, 7) is 1.01. The first-order chi connectivity index (χ1) is 9.74. The van der Waals surface area contributed by atoms with E-state index in [1.165, 1.54) is 23.1 Å². The van der Waals surface area contributed by atoms with Crippen molar-refractivity contribution < 1.29 is 0 Å². The van der Waals surface area contributed by atoms with Gasteiger partial charge in [-0.05, 0) is 29.7 Å². The molecule has 0 fully saturated rings. The lowest BCUT2D eigenvalue weighted by atomic mass is 10.0. The van der Waals surface area contributed by atoms with Crippen LogP contribution in [-0.2, 0) is 13.5 Å². The summed E-state index contributed by atoms with van der Waals surface area (Å²) in [6, 6.07) is 6.49. The van der Waals surface area contributed by atoms with Gasteiger partial charge in [0.05, 0.1) is 5.39 Å². The molecule has 116 valence electrons. The Morgan fingerprint density at radius 2 is 2.05 bits per heavy atom. The van der Waals surface area contributed by atoms with Gasteiger partial charge >= 0.3 is 0 Å². The highest BCUT2D eigenvalue weighted by molar-refractivity contribution is 6.00. The van der Waals surface area contributed by atoms with Gasteiger partial charge in [0, 0.05) is 31.0 Å². The fourth-order valence-corrected chi connectivity index (χ4v) is 2.93. The molecule has 1 aliphatic rings. The Labute approximate surface area is 140 Å². The van der Waals surface area contributed by atoms with E-state index in [-0.39, 0.29) is 24.8 Å². The zero-order valence-electron chi connectivity index (χ0n) is 12.0. The second kappa shape index (κ2) is 6.02. The average molecular weight is 338 g/mol. The monoisotopic (exact) mass is 337 g/mol. The summed E-state index contributed by atoms with van der Waals surface area (Å²) in [5.41, 5.74) is 11.8. The van der Waals surface area contributed by atoms with Crippen molar-refractivity contribution in [2.45, 2.75) is 6.42 Å². The third-order valence-electron chi connectivity index (χ3n) is 3.91. The van der Waals surface area contributed by atoms with Crippen LogP contribution in [0.3, 0.4) is 0 Å². The summed E-state index contributed by atoms with van der Waals surface area (Å²) in [4.78, 5) is 8.44. The summed E-state index contributed by atoms with van der Waals surface area (Å²) < 4.78 is 1.99. The minimum atomic E-state index is 0. The molecule has 0 unspecified atom stereocenters. The molecule has 7 heteroatoms. The molecule has 22 heavy (non-hydrogen) atoms. The number of hydrogen-bond acceptors (Lipinski definition) is 4. The average Bonchev–Trinajstić information content (AvgIpc) is 3.04. The topological polar surface area (TPSA) is 68.8 Å². The number of halogens is 2. The number of hydrogen-bond donors (Lipinski definition) is 2. The van der Waals surface area contributed by atoms with Crippen LogP contribution >= 0.6 is 24.8 Å². The fraction of sp³-hybridized carbons (Fsp3) is 0.200. The largest absolute Gasteiger partial charge is 0.384 e. The molecule has 0 atom stereocenters. The van der Waals surface area contributed by atoms with Crippen LogP contribution in [-0.4, -0.2) is 21.1 Å². The summed E-state index contributed by atoms with van der Waals surface area (Å²) in [7, 11) is 1.98. The summed E-state index contributed by atoms with van der Waals surface area (Å²) in [5.74, 6) is 0.532. The molecule has 0 saturated carbocycles. The zero-order chi connectivity index (χ0) is 13.7. The lowest BCUT2D eigenvalue weighted by molar-refractivity contribution is 0.945. The molecule has 3 N–H and O–H groups in total. The van der Waals surface area contributed by atoms with E-state index in [1.54, 1.807) is 0 Å². The van der Waals surface area contributed by atoms with Crippen molar-refractivity contribution in [3.05, 3.63) is 36.3 Å². The number of nitrogens with two attached hydrogens (primary N) is 1. The van der Waals surface area contributed by atoms with E-state index in [0.717, 1.165) is 29.6 Å². The second-order valence-electron chi connectivity index (χ2n) is 5.16. The van der Waals surface area contributed by atoms with Crippen LogP contribution in [0.1, 0.15) is 5.56 Å². The number of anilines is 2. The summed E-state index contributed by atoms with van der Waals surface area (Å²) in [6.07, 6.45) is 4.65. The second-order valence-corrected chi connectivity index (χ2v) is 5.16. The quantitative estimate of drug-likeness (QED) is 0.716. The standard InChI is InChI=1S/C15H15N5.2ClH/c1-20-7-11(13-14(16)18-8-19-15(13)20)9-2-3-12-10(6-9)4-5-17-12;;/h2-3,6-8,17H,4-5H2,1H3,(H2,16,18,19);2*1H. The van der Waals surface area contributed by atoms with Gasteiger partial charge in [-0.1, -0.05) is 6.07 Å². The lowest BCUT2D eigenvalue weighted by Crippen LogP contribution is -1.94. The molecule has 0 bridgehead atoms. The number of nitrogen functional groups attached to an aromatic ring is 1. The van der Waals surface area contributed by atoms with Crippen molar-refractivity contribution in [2.75, 3.05) is 17.6 Å². The molecule has 1 aliphatic heterocycles. The van der Waals surface area contributed by atoms with Crippen LogP contribution in [0, 0.1) is 0 Å². The molecule has 0 aliphatic carbocycles. The van der Waals surface area contributed by atoms with Crippen LogP contribution in [0.5, 0.6) is 0 Å². The molecule has 4 rings (SSSR count). The van der Waals surface area contributed by atoms with Gasteiger partial charge in [0.1, 0.15) is 17.8 Å². The maximum Gasteiger partial charge on any atom is 0.145 e. The first kappa shape index (κ1) is 16.4. The van der Waals surface area contributed by atoms with Crippen molar-refractivity contribution >= 4 is 47.4 Å². The predicted molar refractivity (Wildman–Crippen MR) is 95.0 cm³/mol. The SMILES string of the molecule is Cl.Cl.Cn1cc(-c2ccc3c(c2)CCN3)c2c(N)ncnc21. The Hall–Kier alpha value is -1.98. The van der Waals surface area contributed by atoms with E-state index >= 15 is 0 Å². The Bertz CT molecular complexity index is 828. The molecule has 5 nitrogen and oxygen atoms in total. The molecular formula is C15H17Cl2N5. The highest BCUT2D eigenvalue weighted by Crippen LogP contribution is 2.34. The number of nitrogens with zero attached hydrogens (tertiary/aromatic N) is 3. The van der Waals surface area contributed by atoms with Crippen LogP contribution in [0.4, 0.5) is 11.5 Å². The smallest absolute Gasteiger partial charge is 0.145 e. The van der Waals surface area contributed by atoms with E-state index in [1.807, 2.05) is 11.6 Å².